The number of hydrogen-bond donors (Lipinski definition) is 1. The third-order valence-electron chi connectivity index (χ3n) is 7.58. The SMILES string of the molecule is CCOC(=O)NC1CC[C@@H]2C(=C[C@H]3C(=O)O[C@H](C)[C@H]3[C@H]2C(=O)OCc2ccccc2)C1(C)C. The zero-order chi connectivity index (χ0) is 23.8. The molecule has 1 saturated carbocycles. The largest absolute Gasteiger partial charge is 0.462 e. The summed E-state index contributed by atoms with van der Waals surface area (Å²) >= 11 is 0. The number of carbonyl (C=O) groups excluding carboxylic acids is 3. The van der Waals surface area contributed by atoms with Gasteiger partial charge in [0.05, 0.1) is 18.4 Å². The van der Waals surface area contributed by atoms with Crippen LogP contribution in [0.25, 0.3) is 0 Å². The van der Waals surface area contributed by atoms with E-state index in [-0.39, 0.29) is 42.5 Å². The summed E-state index contributed by atoms with van der Waals surface area (Å²) in [6, 6.07) is 9.41. The first-order chi connectivity index (χ1) is 15.7. The highest BCUT2D eigenvalue weighted by Gasteiger charge is 2.58. The van der Waals surface area contributed by atoms with E-state index in [0.717, 1.165) is 11.1 Å². The zero-order valence-electron chi connectivity index (χ0n) is 19.7. The van der Waals surface area contributed by atoms with Gasteiger partial charge in [-0.25, -0.2) is 4.79 Å². The highest BCUT2D eigenvalue weighted by atomic mass is 16.6. The van der Waals surface area contributed by atoms with Gasteiger partial charge in [0.25, 0.3) is 0 Å². The highest BCUT2D eigenvalue weighted by Crippen LogP contribution is 2.55. The lowest BCUT2D eigenvalue weighted by molar-refractivity contribution is -0.156. The molecule has 1 aromatic carbocycles. The second-order valence-corrected chi connectivity index (χ2v) is 9.81. The monoisotopic (exact) mass is 455 g/mol. The van der Waals surface area contributed by atoms with Gasteiger partial charge in [-0.15, -0.1) is 0 Å². The number of carbonyl (C=O) groups is 3. The lowest BCUT2D eigenvalue weighted by Gasteiger charge is -2.50. The molecule has 2 fully saturated rings. The van der Waals surface area contributed by atoms with Gasteiger partial charge >= 0.3 is 18.0 Å². The molecule has 2 aliphatic carbocycles. The summed E-state index contributed by atoms with van der Waals surface area (Å²) in [4.78, 5) is 38.3. The van der Waals surface area contributed by atoms with Crippen LogP contribution in [-0.4, -0.2) is 36.8 Å². The number of amides is 1. The van der Waals surface area contributed by atoms with Crippen LogP contribution >= 0.6 is 0 Å². The van der Waals surface area contributed by atoms with Gasteiger partial charge in [-0.05, 0) is 38.2 Å². The van der Waals surface area contributed by atoms with Gasteiger partial charge in [0.1, 0.15) is 12.7 Å². The van der Waals surface area contributed by atoms with Crippen LogP contribution in [0, 0.1) is 29.1 Å². The second-order valence-electron chi connectivity index (χ2n) is 9.81. The molecule has 1 aromatic rings. The molecule has 3 aliphatic rings. The number of fused-ring (bicyclic) bond motifs is 2. The van der Waals surface area contributed by atoms with Gasteiger partial charge < -0.3 is 19.5 Å². The average Bonchev–Trinajstić information content (AvgIpc) is 3.07. The zero-order valence-corrected chi connectivity index (χ0v) is 19.7. The first kappa shape index (κ1) is 23.3. The predicted molar refractivity (Wildman–Crippen MR) is 121 cm³/mol. The molecule has 7 heteroatoms. The van der Waals surface area contributed by atoms with E-state index in [2.05, 4.69) is 19.2 Å². The smallest absolute Gasteiger partial charge is 0.407 e. The van der Waals surface area contributed by atoms with Gasteiger partial charge in [-0.3, -0.25) is 9.59 Å². The minimum absolute atomic E-state index is 0.0679. The first-order valence-electron chi connectivity index (χ1n) is 11.8. The van der Waals surface area contributed by atoms with Gasteiger partial charge in [-0.2, -0.15) is 0 Å². The molecule has 1 saturated heterocycles. The molecule has 0 radical (unpaired) electrons. The molecule has 0 spiro atoms. The van der Waals surface area contributed by atoms with E-state index >= 15 is 0 Å². The molecule has 0 aromatic heterocycles. The van der Waals surface area contributed by atoms with E-state index in [1.54, 1.807) is 6.92 Å². The molecule has 1 unspecified atom stereocenters. The van der Waals surface area contributed by atoms with Crippen molar-refractivity contribution >= 4 is 18.0 Å². The normalized spacial score (nSPS) is 32.0. The molecule has 1 heterocycles. The Kier molecular flexibility index (Phi) is 6.50. The van der Waals surface area contributed by atoms with Gasteiger partial charge in [0.15, 0.2) is 0 Å². The maximum Gasteiger partial charge on any atom is 0.407 e. The van der Waals surface area contributed by atoms with Crippen molar-refractivity contribution in [3.05, 3.63) is 47.5 Å². The second kappa shape index (κ2) is 9.20. The van der Waals surface area contributed by atoms with E-state index in [4.69, 9.17) is 14.2 Å². The summed E-state index contributed by atoms with van der Waals surface area (Å²) in [6.45, 7) is 8.23. The minimum atomic E-state index is -0.485. The number of alkyl carbamates (subject to hydrolysis) is 1. The Hall–Kier alpha value is -2.83. The first-order valence-corrected chi connectivity index (χ1v) is 11.8. The Bertz CT molecular complexity index is 939. The Balaban J connectivity index is 1.62. The fourth-order valence-corrected chi connectivity index (χ4v) is 5.91. The van der Waals surface area contributed by atoms with Crippen LogP contribution in [0.4, 0.5) is 4.79 Å². The Morgan fingerprint density at radius 1 is 1.15 bits per heavy atom. The molecule has 1 N–H and O–H groups in total. The number of esters is 2. The van der Waals surface area contributed by atoms with Crippen molar-refractivity contribution < 1.29 is 28.6 Å². The van der Waals surface area contributed by atoms with Gasteiger partial charge in [0.2, 0.25) is 0 Å². The molecule has 1 aliphatic heterocycles. The predicted octanol–water partition coefficient (Wildman–Crippen LogP) is 4.01. The van der Waals surface area contributed by atoms with Crippen LogP contribution in [0.2, 0.25) is 0 Å². The summed E-state index contributed by atoms with van der Waals surface area (Å²) < 4.78 is 16.4. The molecule has 33 heavy (non-hydrogen) atoms. The fraction of sp³-hybridized carbons (Fsp3) is 0.577. The van der Waals surface area contributed by atoms with Crippen LogP contribution in [0.3, 0.4) is 0 Å². The van der Waals surface area contributed by atoms with E-state index in [1.165, 1.54) is 0 Å². The third kappa shape index (κ3) is 4.37. The number of ether oxygens (including phenoxy) is 3. The standard InChI is InChI=1S/C26H33NO6/c1-5-31-25(30)27-20-12-11-17-19(26(20,3)4)13-18-21(15(2)33-23(18)28)22(17)24(29)32-14-16-9-7-6-8-10-16/h6-10,13,15,17-18,20-22H,5,11-12,14H2,1-4H3,(H,27,30)/t15-,17-,18-,20?,21-,22+/m1/s1. The average molecular weight is 456 g/mol. The quantitative estimate of drug-likeness (QED) is 0.410. The highest BCUT2D eigenvalue weighted by molar-refractivity contribution is 5.82. The molecule has 6 atom stereocenters. The Labute approximate surface area is 194 Å². The van der Waals surface area contributed by atoms with E-state index in [0.29, 0.717) is 19.4 Å². The molecule has 7 nitrogen and oxygen atoms in total. The van der Waals surface area contributed by atoms with E-state index < -0.39 is 23.3 Å². The molecule has 1 amide bonds. The van der Waals surface area contributed by atoms with Gasteiger partial charge in [-0.1, -0.05) is 55.8 Å². The number of nitrogens with one attached hydrogen (secondary N) is 1. The maximum absolute atomic E-state index is 13.5. The number of cyclic esters (lactones) is 1. The van der Waals surface area contributed by atoms with Crippen molar-refractivity contribution in [1.29, 1.82) is 0 Å². The topological polar surface area (TPSA) is 90.9 Å². The van der Waals surface area contributed by atoms with Gasteiger partial charge in [0, 0.05) is 17.4 Å². The molecule has 178 valence electrons. The molecule has 0 bridgehead atoms. The van der Waals surface area contributed by atoms with Crippen molar-refractivity contribution in [2.45, 2.75) is 59.3 Å². The van der Waals surface area contributed by atoms with Crippen molar-refractivity contribution in [2.24, 2.45) is 29.1 Å². The summed E-state index contributed by atoms with van der Waals surface area (Å²) in [6.07, 6.45) is 2.61. The summed E-state index contributed by atoms with van der Waals surface area (Å²) in [5.74, 6) is -1.86. The molecular formula is C26H33NO6. The number of benzene rings is 1. The Morgan fingerprint density at radius 3 is 2.58 bits per heavy atom. The van der Waals surface area contributed by atoms with Crippen LogP contribution in [-0.2, 0) is 30.4 Å². The Morgan fingerprint density at radius 2 is 1.88 bits per heavy atom. The van der Waals surface area contributed by atoms with E-state index in [1.807, 2.05) is 43.3 Å². The summed E-state index contributed by atoms with van der Waals surface area (Å²) in [7, 11) is 0. The number of hydrogen-bond acceptors (Lipinski definition) is 6. The van der Waals surface area contributed by atoms with Crippen LogP contribution in [0.1, 0.15) is 46.1 Å². The van der Waals surface area contributed by atoms with Crippen LogP contribution < -0.4 is 5.32 Å². The maximum atomic E-state index is 13.5. The van der Waals surface area contributed by atoms with Crippen molar-refractivity contribution in [3.63, 3.8) is 0 Å². The molecular weight excluding hydrogens is 422 g/mol. The summed E-state index contributed by atoms with van der Waals surface area (Å²) in [5.41, 5.74) is 1.48. The lowest BCUT2D eigenvalue weighted by atomic mass is 9.55. The van der Waals surface area contributed by atoms with Crippen LogP contribution in [0.5, 0.6) is 0 Å². The summed E-state index contributed by atoms with van der Waals surface area (Å²) in [5, 5.41) is 2.98. The van der Waals surface area contributed by atoms with Crippen LogP contribution in [0.15, 0.2) is 42.0 Å². The third-order valence-corrected chi connectivity index (χ3v) is 7.58. The van der Waals surface area contributed by atoms with Crippen molar-refractivity contribution in [2.75, 3.05) is 6.61 Å². The molecule has 4 rings (SSSR count). The lowest BCUT2D eigenvalue weighted by Crippen LogP contribution is -2.54. The fourth-order valence-electron chi connectivity index (χ4n) is 5.91. The number of rotatable bonds is 5. The van der Waals surface area contributed by atoms with Crippen molar-refractivity contribution in [3.8, 4) is 0 Å². The van der Waals surface area contributed by atoms with Crippen molar-refractivity contribution in [1.82, 2.24) is 5.32 Å². The minimum Gasteiger partial charge on any atom is -0.462 e. The van der Waals surface area contributed by atoms with E-state index in [9.17, 15) is 14.4 Å².